The third kappa shape index (κ3) is 8.17. The fraction of sp³-hybridized carbons (Fsp3) is 0.929. The first-order valence-corrected chi connectivity index (χ1v) is 18.6. The van der Waals surface area contributed by atoms with Gasteiger partial charge in [-0.1, -0.05) is 43.9 Å². The van der Waals surface area contributed by atoms with E-state index in [2.05, 4.69) is 44.9 Å². The smallest absolute Gasteiger partial charge is 0.209 e. The fourth-order valence-corrected chi connectivity index (χ4v) is 9.96. The van der Waals surface area contributed by atoms with Crippen molar-refractivity contribution in [2.45, 2.75) is 104 Å². The highest BCUT2D eigenvalue weighted by atomic mass is 32.2. The number of aliphatic hydroxyl groups excluding tert-OH is 4. The molecule has 0 bridgehead atoms. The topological polar surface area (TPSA) is 164 Å². The molecule has 43 heavy (non-hydrogen) atoms. The highest BCUT2D eigenvalue weighted by Crippen LogP contribution is 2.38. The van der Waals surface area contributed by atoms with Gasteiger partial charge in [-0.25, -0.2) is 0 Å². The maximum atomic E-state index is 11.7. The highest BCUT2D eigenvalue weighted by Gasteiger charge is 2.50. The summed E-state index contributed by atoms with van der Waals surface area (Å²) in [6, 6.07) is -0.936. The van der Waals surface area contributed by atoms with Crippen molar-refractivity contribution in [3.05, 3.63) is 0 Å². The third-order valence-corrected chi connectivity index (χ3v) is 12.3. The van der Waals surface area contributed by atoms with E-state index in [-0.39, 0.29) is 17.4 Å². The average Bonchev–Trinajstić information content (AvgIpc) is 3.57. The number of piperazine rings is 1. The largest absolute Gasteiger partial charge is 0.388 e. The van der Waals surface area contributed by atoms with Gasteiger partial charge in [0.05, 0.1) is 18.2 Å². The van der Waals surface area contributed by atoms with Gasteiger partial charge in [0, 0.05) is 44.6 Å². The summed E-state index contributed by atoms with van der Waals surface area (Å²) in [5.41, 5.74) is -0.722. The van der Waals surface area contributed by atoms with Crippen molar-refractivity contribution in [2.75, 3.05) is 50.5 Å². The number of aromatic nitrogens is 2. The minimum atomic E-state index is -1.38. The van der Waals surface area contributed by atoms with Crippen molar-refractivity contribution in [1.29, 1.82) is 0 Å². The molecule has 1 aromatic heterocycles. The summed E-state index contributed by atoms with van der Waals surface area (Å²) in [5.74, 6) is 1.57. The molecule has 7 N–H and O–H groups in total. The van der Waals surface area contributed by atoms with E-state index in [0.29, 0.717) is 24.4 Å². The molecule has 15 heteroatoms. The van der Waals surface area contributed by atoms with Gasteiger partial charge in [-0.2, -0.15) is 0 Å². The molecule has 5 rings (SSSR count). The van der Waals surface area contributed by atoms with E-state index in [4.69, 9.17) is 9.47 Å². The van der Waals surface area contributed by atoms with Crippen LogP contribution in [-0.4, -0.2) is 136 Å². The number of fused-ring (bicyclic) bond motifs is 1. The van der Waals surface area contributed by atoms with Crippen LogP contribution in [0.1, 0.15) is 40.0 Å². The summed E-state index contributed by atoms with van der Waals surface area (Å²) < 4.78 is 13.3. The lowest BCUT2D eigenvalue weighted by Gasteiger charge is -2.45. The first-order chi connectivity index (χ1) is 20.7. The van der Waals surface area contributed by atoms with E-state index in [1.54, 1.807) is 6.26 Å². The van der Waals surface area contributed by atoms with Gasteiger partial charge >= 0.3 is 0 Å². The van der Waals surface area contributed by atoms with Crippen molar-refractivity contribution in [2.24, 2.45) is 17.8 Å². The lowest BCUT2D eigenvalue weighted by Crippen LogP contribution is -2.66. The van der Waals surface area contributed by atoms with Gasteiger partial charge in [0.25, 0.3) is 0 Å². The molecule has 12 atom stereocenters. The molecule has 0 saturated carbocycles. The number of rotatable bonds is 11. The average molecular weight is 663 g/mol. The Balaban J connectivity index is 1.32. The van der Waals surface area contributed by atoms with Crippen molar-refractivity contribution in [3.63, 3.8) is 0 Å². The summed E-state index contributed by atoms with van der Waals surface area (Å²) in [6.45, 7) is 11.5. The van der Waals surface area contributed by atoms with Crippen LogP contribution in [0.5, 0.6) is 0 Å². The van der Waals surface area contributed by atoms with Gasteiger partial charge in [0.1, 0.15) is 36.1 Å². The molecule has 12 nitrogen and oxygen atoms in total. The predicted octanol–water partition coefficient (Wildman–Crippen LogP) is 0.305. The maximum Gasteiger partial charge on any atom is 0.209 e. The van der Waals surface area contributed by atoms with E-state index in [0.717, 1.165) is 55.0 Å². The minimum Gasteiger partial charge on any atom is -0.388 e. The molecule has 246 valence electrons. The molecular formula is C28H50N6O6S3. The van der Waals surface area contributed by atoms with Crippen LogP contribution < -0.4 is 20.9 Å². The first kappa shape index (κ1) is 34.0. The molecule has 1 aromatic rings. The van der Waals surface area contributed by atoms with E-state index in [1.165, 1.54) is 41.3 Å². The first-order valence-electron chi connectivity index (χ1n) is 15.6. The van der Waals surface area contributed by atoms with Gasteiger partial charge in [-0.05, 0) is 43.3 Å². The molecule has 5 heterocycles. The molecule has 4 aliphatic rings. The van der Waals surface area contributed by atoms with Gasteiger partial charge in [-0.3, -0.25) is 5.32 Å². The monoisotopic (exact) mass is 662 g/mol. The number of thioether (sulfide) groups is 2. The molecule has 0 amide bonds. The zero-order valence-electron chi connectivity index (χ0n) is 25.5. The predicted molar refractivity (Wildman–Crippen MR) is 171 cm³/mol. The molecule has 0 radical (unpaired) electrons. The van der Waals surface area contributed by atoms with Crippen LogP contribution in [0.15, 0.2) is 4.34 Å². The van der Waals surface area contributed by atoms with Gasteiger partial charge in [-0.15, -0.1) is 22.0 Å². The summed E-state index contributed by atoms with van der Waals surface area (Å²) in [5, 5.41) is 63.8. The maximum absolute atomic E-state index is 11.7. The molecule has 0 aromatic carbocycles. The Labute approximate surface area is 267 Å². The fourth-order valence-electron chi connectivity index (χ4n) is 6.99. The van der Waals surface area contributed by atoms with E-state index < -0.39 is 42.1 Å². The van der Waals surface area contributed by atoms with Crippen LogP contribution in [0.3, 0.4) is 0 Å². The van der Waals surface area contributed by atoms with Crippen molar-refractivity contribution in [1.82, 2.24) is 26.1 Å². The lowest BCUT2D eigenvalue weighted by molar-refractivity contribution is -0.207. The van der Waals surface area contributed by atoms with Crippen LogP contribution >= 0.6 is 34.9 Å². The van der Waals surface area contributed by atoms with Crippen molar-refractivity contribution >= 4 is 40.0 Å². The Hall–Kier alpha value is -0.300. The number of nitrogens with zero attached hydrogens (tertiary/aromatic N) is 3. The Morgan fingerprint density at radius 3 is 2.60 bits per heavy atom. The molecule has 4 unspecified atom stereocenters. The van der Waals surface area contributed by atoms with Crippen LogP contribution in [0.2, 0.25) is 0 Å². The van der Waals surface area contributed by atoms with Crippen LogP contribution in [-0.2, 0) is 9.47 Å². The summed E-state index contributed by atoms with van der Waals surface area (Å²) in [6.07, 6.45) is -0.898. The molecule has 4 fully saturated rings. The molecule has 4 saturated heterocycles. The summed E-state index contributed by atoms with van der Waals surface area (Å²) >= 11 is 4.30. The summed E-state index contributed by atoms with van der Waals surface area (Å²) in [7, 11) is 0. The number of nitrogens with one attached hydrogen (secondary N) is 3. The molecule has 0 spiro atoms. The Morgan fingerprint density at radius 2 is 1.88 bits per heavy atom. The normalized spacial score (nSPS) is 37.6. The van der Waals surface area contributed by atoms with E-state index in [1.807, 2.05) is 6.92 Å². The van der Waals surface area contributed by atoms with Crippen molar-refractivity contribution < 1.29 is 29.9 Å². The quantitative estimate of drug-likeness (QED) is 0.128. The standard InChI is InChI=1S/C28H50N6O6S3/c1-14(2)11-16-5-10-39-23-17(12-16)13-30-19(23)25(38)31-18(24-21(36)20(35)22(37)26(40-24)41-4)15(3)42-28-33-32-27(43-28)34-8-6-29-7-9-34/h14-26,29-31,35-38H,5-13H2,1-4H3/t15-,16-,17-,18+,19-,20?,21?,22+,23+,24+,25?,26?/m0/s1. The second-order valence-corrected chi connectivity index (χ2v) is 16.3. The van der Waals surface area contributed by atoms with E-state index >= 15 is 0 Å². The summed E-state index contributed by atoms with van der Waals surface area (Å²) in [4.78, 5) is 2.22. The number of aliphatic hydroxyl groups is 4. The molecule has 4 aliphatic heterocycles. The Morgan fingerprint density at radius 1 is 1.12 bits per heavy atom. The number of hydrogen-bond donors (Lipinski definition) is 7. The zero-order valence-corrected chi connectivity index (χ0v) is 28.0. The zero-order chi connectivity index (χ0) is 30.7. The number of anilines is 1. The molecular weight excluding hydrogens is 613 g/mol. The number of hydrogen-bond acceptors (Lipinski definition) is 15. The number of ether oxygens (including phenoxy) is 2. The third-order valence-electron chi connectivity index (χ3n) is 9.18. The van der Waals surface area contributed by atoms with Gasteiger partial charge in [0.15, 0.2) is 4.34 Å². The van der Waals surface area contributed by atoms with Crippen LogP contribution in [0.4, 0.5) is 5.13 Å². The van der Waals surface area contributed by atoms with Gasteiger partial charge in [0.2, 0.25) is 5.13 Å². The second-order valence-electron chi connectivity index (χ2n) is 12.8. The Bertz CT molecular complexity index is 1010. The highest BCUT2D eigenvalue weighted by molar-refractivity contribution is 8.01. The van der Waals surface area contributed by atoms with Crippen molar-refractivity contribution in [3.8, 4) is 0 Å². The van der Waals surface area contributed by atoms with E-state index in [9.17, 15) is 20.4 Å². The van der Waals surface area contributed by atoms with Crippen LogP contribution in [0.25, 0.3) is 0 Å². The second kappa shape index (κ2) is 15.5. The van der Waals surface area contributed by atoms with Gasteiger partial charge < -0.3 is 45.4 Å². The van der Waals surface area contributed by atoms with Crippen LogP contribution in [0, 0.1) is 17.8 Å². The Kier molecular flexibility index (Phi) is 12.3. The molecule has 0 aliphatic carbocycles. The lowest BCUT2D eigenvalue weighted by atomic mass is 9.85. The SMILES string of the molecule is CSC1O[C@H]([C@H](NC(O)[C@H]2NC[C@@H]3C[C@H](CC(C)C)CCO[C@H]32)[C@H](C)Sc2nnc(N3CCNCC3)s2)C(O)C(O)[C@H]1O. The minimum absolute atomic E-state index is 0.128.